The molecule has 1 N–H and O–H groups in total. The molecule has 0 aliphatic rings. The molecule has 0 fully saturated rings. The van der Waals surface area contributed by atoms with Crippen LogP contribution in [0.25, 0.3) is 0 Å². The molecule has 0 aromatic heterocycles. The van der Waals surface area contributed by atoms with Crippen LogP contribution in [0, 0.1) is 0 Å². The van der Waals surface area contributed by atoms with E-state index in [1.165, 1.54) is 0 Å². The fraction of sp³-hybridized carbons (Fsp3) is 0. The van der Waals surface area contributed by atoms with Gasteiger partial charge in [0.15, 0.2) is 0 Å². The van der Waals surface area contributed by atoms with Crippen molar-refractivity contribution in [3.63, 3.8) is 0 Å². The van der Waals surface area contributed by atoms with E-state index in [0.717, 1.165) is 38.6 Å². The topological polar surface area (TPSA) is 35.9 Å². The van der Waals surface area contributed by atoms with Gasteiger partial charge in [0.05, 0.1) is 0 Å². The molecule has 1 radical (unpaired) electrons. The minimum Gasteiger partial charge on any atom is -0.537 e. The molecule has 4 nitrogen and oxygen atoms in total. The zero-order chi connectivity index (χ0) is 29.0. The number of anilines is 6. The molecule has 0 unspecified atom stereocenters. The van der Waals surface area contributed by atoms with Gasteiger partial charge in [0.25, 0.3) is 0 Å². The molecule has 0 bridgehead atoms. The molecule has 0 saturated carbocycles. The van der Waals surface area contributed by atoms with Crippen LogP contribution in [0.3, 0.4) is 0 Å². The summed E-state index contributed by atoms with van der Waals surface area (Å²) in [6, 6.07) is 57.0. The lowest BCUT2D eigenvalue weighted by molar-refractivity contribution is 0.454. The highest BCUT2D eigenvalue weighted by molar-refractivity contribution is 9.10. The summed E-state index contributed by atoms with van der Waals surface area (Å²) < 4.78 is 6.05. The van der Waals surface area contributed by atoms with Crippen molar-refractivity contribution < 1.29 is 9.68 Å². The standard InChI is InChI=1S/C18H15BNO2.C18H14BrN/c21-19-22-18-13-11-17(12-14-18)20(15-7-3-1-4-8-15)16-9-5-2-6-10-16;19-15-11-13-18(14-12-15)20(16-7-3-1-4-8-16)17-9-5-2-6-10-17/h1-14,21H;1-14H. The van der Waals surface area contributed by atoms with Crippen molar-refractivity contribution in [2.75, 3.05) is 9.80 Å². The van der Waals surface area contributed by atoms with Crippen LogP contribution in [0.1, 0.15) is 0 Å². The van der Waals surface area contributed by atoms with E-state index in [4.69, 9.17) is 9.68 Å². The first-order valence-corrected chi connectivity index (χ1v) is 14.3. The summed E-state index contributed by atoms with van der Waals surface area (Å²) in [5.74, 6) is 0.590. The van der Waals surface area contributed by atoms with Crippen molar-refractivity contribution in [1.82, 2.24) is 0 Å². The molecule has 0 aliphatic carbocycles. The van der Waals surface area contributed by atoms with Gasteiger partial charge in [0.1, 0.15) is 5.75 Å². The molecule has 0 aliphatic heterocycles. The van der Waals surface area contributed by atoms with Gasteiger partial charge in [-0.2, -0.15) is 0 Å². The van der Waals surface area contributed by atoms with Crippen molar-refractivity contribution in [3.8, 4) is 5.75 Å². The van der Waals surface area contributed by atoms with E-state index in [1.54, 1.807) is 0 Å². The van der Waals surface area contributed by atoms with Crippen LogP contribution >= 0.6 is 15.9 Å². The highest BCUT2D eigenvalue weighted by atomic mass is 79.9. The molecule has 0 heterocycles. The third-order valence-electron chi connectivity index (χ3n) is 6.43. The first-order chi connectivity index (χ1) is 20.7. The molecule has 0 atom stereocenters. The molecule has 0 spiro atoms. The van der Waals surface area contributed by atoms with E-state index in [-0.39, 0.29) is 0 Å². The van der Waals surface area contributed by atoms with Gasteiger partial charge in [-0.05, 0) is 97.1 Å². The van der Waals surface area contributed by atoms with E-state index in [2.05, 4.69) is 123 Å². The van der Waals surface area contributed by atoms with E-state index in [0.29, 0.717) is 13.4 Å². The zero-order valence-electron chi connectivity index (χ0n) is 22.9. The molecule has 0 amide bonds. The second-order valence-electron chi connectivity index (χ2n) is 9.21. The van der Waals surface area contributed by atoms with Gasteiger partial charge in [0.2, 0.25) is 0 Å². The van der Waals surface area contributed by atoms with Crippen molar-refractivity contribution in [1.29, 1.82) is 0 Å². The average molecular weight is 612 g/mol. The molecule has 42 heavy (non-hydrogen) atoms. The zero-order valence-corrected chi connectivity index (χ0v) is 24.5. The Morgan fingerprint density at radius 3 is 1.00 bits per heavy atom. The lowest BCUT2D eigenvalue weighted by Crippen LogP contribution is -2.09. The average Bonchev–Trinajstić information content (AvgIpc) is 3.06. The first kappa shape index (κ1) is 28.7. The van der Waals surface area contributed by atoms with E-state index < -0.39 is 0 Å². The van der Waals surface area contributed by atoms with E-state index >= 15 is 0 Å². The predicted octanol–water partition coefficient (Wildman–Crippen LogP) is 9.98. The summed E-state index contributed by atoms with van der Waals surface area (Å²) in [4.78, 5) is 4.40. The normalized spacial score (nSPS) is 10.1. The summed E-state index contributed by atoms with van der Waals surface area (Å²) in [5, 5.41) is 8.70. The van der Waals surface area contributed by atoms with Gasteiger partial charge in [-0.3, -0.25) is 0 Å². The van der Waals surface area contributed by atoms with E-state index in [9.17, 15) is 0 Å². The number of hydrogen-bond donors (Lipinski definition) is 1. The molecular weight excluding hydrogens is 583 g/mol. The number of halogens is 1. The quantitative estimate of drug-likeness (QED) is 0.174. The summed E-state index contributed by atoms with van der Waals surface area (Å²) in [6.07, 6.45) is 0. The van der Waals surface area contributed by atoms with Crippen LogP contribution in [0.2, 0.25) is 0 Å². The molecule has 6 aromatic carbocycles. The second kappa shape index (κ2) is 14.7. The van der Waals surface area contributed by atoms with Crippen molar-refractivity contribution >= 4 is 57.7 Å². The number of hydrogen-bond acceptors (Lipinski definition) is 4. The Bertz CT molecular complexity index is 1540. The Morgan fingerprint density at radius 2 is 0.690 bits per heavy atom. The SMILES string of the molecule is Brc1ccc(N(c2ccccc2)c2ccccc2)cc1.O[B]Oc1ccc(N(c2ccccc2)c2ccccc2)cc1. The lowest BCUT2D eigenvalue weighted by Gasteiger charge is -2.25. The maximum Gasteiger partial charge on any atom is 0.569 e. The van der Waals surface area contributed by atoms with Gasteiger partial charge in [-0.15, -0.1) is 0 Å². The van der Waals surface area contributed by atoms with Crippen molar-refractivity contribution in [2.45, 2.75) is 0 Å². The third-order valence-corrected chi connectivity index (χ3v) is 6.95. The molecule has 205 valence electrons. The largest absolute Gasteiger partial charge is 0.569 e. The maximum absolute atomic E-state index is 8.70. The van der Waals surface area contributed by atoms with Gasteiger partial charge in [0, 0.05) is 38.6 Å². The van der Waals surface area contributed by atoms with Crippen LogP contribution in [0.5, 0.6) is 5.75 Å². The van der Waals surface area contributed by atoms with Gasteiger partial charge in [-0.25, -0.2) is 0 Å². The van der Waals surface area contributed by atoms with Crippen LogP contribution in [-0.2, 0) is 0 Å². The Balaban J connectivity index is 0.000000169. The second-order valence-corrected chi connectivity index (χ2v) is 10.1. The summed E-state index contributed by atoms with van der Waals surface area (Å²) in [6.45, 7) is 0. The Kier molecular flexibility index (Phi) is 10.1. The fourth-order valence-corrected chi connectivity index (χ4v) is 4.79. The highest BCUT2D eigenvalue weighted by Crippen LogP contribution is 2.36. The van der Waals surface area contributed by atoms with Gasteiger partial charge in [-0.1, -0.05) is 88.7 Å². The highest BCUT2D eigenvalue weighted by Gasteiger charge is 2.12. The molecule has 6 rings (SSSR count). The minimum absolute atomic E-state index is 0.590. The number of nitrogens with zero attached hydrogens (tertiary/aromatic N) is 2. The van der Waals surface area contributed by atoms with E-state index in [1.807, 2.05) is 72.8 Å². The van der Waals surface area contributed by atoms with Gasteiger partial charge >= 0.3 is 7.69 Å². The lowest BCUT2D eigenvalue weighted by atomic mass is 10.2. The van der Waals surface area contributed by atoms with Crippen molar-refractivity contribution in [2.24, 2.45) is 0 Å². The van der Waals surface area contributed by atoms with Crippen LogP contribution < -0.4 is 14.5 Å². The Hall–Kier alpha value is -4.78. The van der Waals surface area contributed by atoms with Crippen LogP contribution in [0.15, 0.2) is 174 Å². The van der Waals surface area contributed by atoms with Crippen LogP contribution in [0.4, 0.5) is 34.1 Å². The summed E-state index contributed by atoms with van der Waals surface area (Å²) in [5.41, 5.74) is 6.63. The number of para-hydroxylation sites is 4. The van der Waals surface area contributed by atoms with Crippen molar-refractivity contribution in [3.05, 3.63) is 174 Å². The number of benzene rings is 6. The summed E-state index contributed by atoms with van der Waals surface area (Å²) in [7, 11) is 0.682. The molecule has 6 aromatic rings. The monoisotopic (exact) mass is 611 g/mol. The third kappa shape index (κ3) is 7.49. The molecular formula is C36H29BBrN2O2. The first-order valence-electron chi connectivity index (χ1n) is 13.5. The maximum atomic E-state index is 8.70. The minimum atomic E-state index is 0.590. The number of rotatable bonds is 8. The van der Waals surface area contributed by atoms with Crippen LogP contribution in [-0.4, -0.2) is 12.7 Å². The summed E-state index contributed by atoms with van der Waals surface area (Å²) >= 11 is 3.49. The smallest absolute Gasteiger partial charge is 0.537 e. The Morgan fingerprint density at radius 1 is 0.405 bits per heavy atom. The molecule has 0 saturated heterocycles. The fourth-order valence-electron chi connectivity index (χ4n) is 4.53. The van der Waals surface area contributed by atoms with Gasteiger partial charge < -0.3 is 19.5 Å². The predicted molar refractivity (Wildman–Crippen MR) is 179 cm³/mol. The Labute approximate surface area is 256 Å². The molecule has 6 heteroatoms.